The fraction of sp³-hybridized carbons (Fsp3) is 0.778. The van der Waals surface area contributed by atoms with Gasteiger partial charge >= 0.3 is 0 Å². The van der Waals surface area contributed by atoms with E-state index in [2.05, 4.69) is 10.6 Å². The SMILES string of the molecule is CCNC(=O)C(C)NC(C)CC#N. The predicted octanol–water partition coefficient (Wildman–Crippen LogP) is 0.403. The summed E-state index contributed by atoms with van der Waals surface area (Å²) in [5.74, 6) is -0.0210. The van der Waals surface area contributed by atoms with E-state index in [1.807, 2.05) is 19.9 Å². The van der Waals surface area contributed by atoms with Gasteiger partial charge in [-0.25, -0.2) is 0 Å². The number of carbonyl (C=O) groups excluding carboxylic acids is 1. The molecule has 0 aromatic rings. The van der Waals surface area contributed by atoms with Crippen LogP contribution in [0.2, 0.25) is 0 Å². The van der Waals surface area contributed by atoms with E-state index in [0.717, 1.165) is 0 Å². The summed E-state index contributed by atoms with van der Waals surface area (Å²) in [7, 11) is 0. The van der Waals surface area contributed by atoms with Crippen LogP contribution in [0, 0.1) is 11.3 Å². The molecule has 1 amide bonds. The lowest BCUT2D eigenvalue weighted by Gasteiger charge is -2.16. The number of carbonyl (C=O) groups is 1. The van der Waals surface area contributed by atoms with E-state index in [4.69, 9.17) is 5.26 Å². The Balaban J connectivity index is 3.79. The van der Waals surface area contributed by atoms with E-state index in [-0.39, 0.29) is 18.0 Å². The summed E-state index contributed by atoms with van der Waals surface area (Å²) >= 11 is 0. The van der Waals surface area contributed by atoms with Gasteiger partial charge in [0.15, 0.2) is 0 Å². The summed E-state index contributed by atoms with van der Waals surface area (Å²) in [5, 5.41) is 14.1. The zero-order valence-corrected chi connectivity index (χ0v) is 8.42. The molecule has 0 aromatic carbocycles. The molecular formula is C9H17N3O. The summed E-state index contributed by atoms with van der Waals surface area (Å²) in [5.41, 5.74) is 0. The number of rotatable bonds is 5. The molecule has 2 unspecified atom stereocenters. The first-order valence-electron chi connectivity index (χ1n) is 4.52. The lowest BCUT2D eigenvalue weighted by molar-refractivity contribution is -0.122. The van der Waals surface area contributed by atoms with E-state index in [1.165, 1.54) is 0 Å². The predicted molar refractivity (Wildman–Crippen MR) is 51.0 cm³/mol. The van der Waals surface area contributed by atoms with Crippen LogP contribution in [0.15, 0.2) is 0 Å². The molecule has 0 spiro atoms. The molecule has 0 aliphatic rings. The molecule has 2 N–H and O–H groups in total. The van der Waals surface area contributed by atoms with Crippen molar-refractivity contribution in [3.05, 3.63) is 0 Å². The van der Waals surface area contributed by atoms with Crippen molar-refractivity contribution in [2.24, 2.45) is 0 Å². The van der Waals surface area contributed by atoms with Gasteiger partial charge in [0.2, 0.25) is 5.91 Å². The molecule has 0 saturated carbocycles. The molecule has 0 rings (SSSR count). The van der Waals surface area contributed by atoms with Crippen molar-refractivity contribution in [2.75, 3.05) is 6.54 Å². The minimum absolute atomic E-state index is 0.0210. The Morgan fingerprint density at radius 2 is 2.15 bits per heavy atom. The summed E-state index contributed by atoms with van der Waals surface area (Å²) in [6.45, 7) is 6.19. The van der Waals surface area contributed by atoms with Crippen molar-refractivity contribution in [1.82, 2.24) is 10.6 Å². The van der Waals surface area contributed by atoms with Crippen LogP contribution in [-0.4, -0.2) is 24.5 Å². The molecule has 0 aromatic heterocycles. The molecule has 13 heavy (non-hydrogen) atoms. The highest BCUT2D eigenvalue weighted by Crippen LogP contribution is 1.91. The van der Waals surface area contributed by atoms with Gasteiger partial charge in [-0.3, -0.25) is 4.79 Å². The Kier molecular flexibility index (Phi) is 5.90. The first-order valence-corrected chi connectivity index (χ1v) is 4.52. The summed E-state index contributed by atoms with van der Waals surface area (Å²) in [6, 6.07) is 1.87. The number of nitrogens with one attached hydrogen (secondary N) is 2. The Morgan fingerprint density at radius 3 is 2.62 bits per heavy atom. The fourth-order valence-electron chi connectivity index (χ4n) is 1.03. The number of nitrogens with zero attached hydrogens (tertiary/aromatic N) is 1. The third-order valence-corrected chi connectivity index (χ3v) is 1.68. The maximum Gasteiger partial charge on any atom is 0.236 e. The zero-order valence-electron chi connectivity index (χ0n) is 8.42. The second-order valence-corrected chi connectivity index (χ2v) is 3.05. The minimum Gasteiger partial charge on any atom is -0.355 e. The van der Waals surface area contributed by atoms with Gasteiger partial charge in [0.25, 0.3) is 0 Å². The lowest BCUT2D eigenvalue weighted by Crippen LogP contribution is -2.45. The first-order chi connectivity index (χ1) is 6.11. The molecule has 4 heteroatoms. The highest BCUT2D eigenvalue weighted by Gasteiger charge is 2.13. The zero-order chi connectivity index (χ0) is 10.3. The molecular weight excluding hydrogens is 166 g/mol. The van der Waals surface area contributed by atoms with Crippen LogP contribution in [0.3, 0.4) is 0 Å². The third kappa shape index (κ3) is 5.21. The van der Waals surface area contributed by atoms with Crippen LogP contribution in [-0.2, 0) is 4.79 Å². The summed E-state index contributed by atoms with van der Waals surface area (Å²) < 4.78 is 0. The maximum absolute atomic E-state index is 11.2. The standard InChI is InChI=1S/C9H17N3O/c1-4-11-9(13)8(3)12-7(2)5-6-10/h7-8,12H,4-5H2,1-3H3,(H,11,13). The van der Waals surface area contributed by atoms with E-state index in [1.54, 1.807) is 6.92 Å². The van der Waals surface area contributed by atoms with Crippen LogP contribution < -0.4 is 10.6 Å². The number of amides is 1. The quantitative estimate of drug-likeness (QED) is 0.648. The topological polar surface area (TPSA) is 64.9 Å². The second kappa shape index (κ2) is 6.44. The molecule has 2 atom stereocenters. The Hall–Kier alpha value is -1.08. The van der Waals surface area contributed by atoms with Gasteiger partial charge in [0.1, 0.15) is 0 Å². The van der Waals surface area contributed by atoms with E-state index < -0.39 is 0 Å². The molecule has 0 radical (unpaired) electrons. The molecule has 4 nitrogen and oxygen atoms in total. The van der Waals surface area contributed by atoms with Gasteiger partial charge in [0.05, 0.1) is 18.5 Å². The van der Waals surface area contributed by atoms with Crippen molar-refractivity contribution >= 4 is 5.91 Å². The lowest BCUT2D eigenvalue weighted by atomic mass is 10.2. The van der Waals surface area contributed by atoms with Crippen molar-refractivity contribution < 1.29 is 4.79 Å². The van der Waals surface area contributed by atoms with Gasteiger partial charge in [-0.15, -0.1) is 0 Å². The second-order valence-electron chi connectivity index (χ2n) is 3.05. The average Bonchev–Trinajstić information content (AvgIpc) is 2.05. The molecule has 0 aliphatic carbocycles. The molecule has 0 bridgehead atoms. The van der Waals surface area contributed by atoms with Gasteiger partial charge in [-0.05, 0) is 20.8 Å². The van der Waals surface area contributed by atoms with Crippen LogP contribution in [0.25, 0.3) is 0 Å². The van der Waals surface area contributed by atoms with Gasteiger partial charge < -0.3 is 10.6 Å². The van der Waals surface area contributed by atoms with Crippen molar-refractivity contribution in [3.8, 4) is 6.07 Å². The summed E-state index contributed by atoms with van der Waals surface area (Å²) in [4.78, 5) is 11.2. The Morgan fingerprint density at radius 1 is 1.54 bits per heavy atom. The van der Waals surface area contributed by atoms with Crippen molar-refractivity contribution in [3.63, 3.8) is 0 Å². The highest BCUT2D eigenvalue weighted by atomic mass is 16.2. The highest BCUT2D eigenvalue weighted by molar-refractivity contribution is 5.81. The van der Waals surface area contributed by atoms with Gasteiger partial charge in [0, 0.05) is 12.6 Å². The first kappa shape index (κ1) is 11.9. The fourth-order valence-corrected chi connectivity index (χ4v) is 1.03. The molecule has 0 fully saturated rings. The summed E-state index contributed by atoms with van der Waals surface area (Å²) in [6.07, 6.45) is 0.420. The van der Waals surface area contributed by atoms with E-state index in [0.29, 0.717) is 13.0 Å². The molecule has 0 heterocycles. The monoisotopic (exact) mass is 183 g/mol. The smallest absolute Gasteiger partial charge is 0.236 e. The maximum atomic E-state index is 11.2. The van der Waals surface area contributed by atoms with Crippen molar-refractivity contribution in [2.45, 2.75) is 39.3 Å². The molecule has 74 valence electrons. The number of hydrogen-bond donors (Lipinski definition) is 2. The van der Waals surface area contributed by atoms with Crippen LogP contribution in [0.5, 0.6) is 0 Å². The largest absolute Gasteiger partial charge is 0.355 e. The van der Waals surface area contributed by atoms with Crippen LogP contribution in [0.1, 0.15) is 27.2 Å². The van der Waals surface area contributed by atoms with Crippen LogP contribution in [0.4, 0.5) is 0 Å². The number of likely N-dealkylation sites (N-methyl/N-ethyl adjacent to an activating group) is 1. The normalized spacial score (nSPS) is 14.3. The molecule has 0 saturated heterocycles. The van der Waals surface area contributed by atoms with Gasteiger partial charge in [-0.2, -0.15) is 5.26 Å². The van der Waals surface area contributed by atoms with E-state index in [9.17, 15) is 4.79 Å². The number of hydrogen-bond acceptors (Lipinski definition) is 3. The van der Waals surface area contributed by atoms with Gasteiger partial charge in [-0.1, -0.05) is 0 Å². The number of nitriles is 1. The van der Waals surface area contributed by atoms with Crippen molar-refractivity contribution in [1.29, 1.82) is 5.26 Å². The van der Waals surface area contributed by atoms with E-state index >= 15 is 0 Å². The minimum atomic E-state index is -0.233. The third-order valence-electron chi connectivity index (χ3n) is 1.68. The average molecular weight is 183 g/mol. The molecule has 0 aliphatic heterocycles. The Bertz CT molecular complexity index is 198. The van der Waals surface area contributed by atoms with Crippen LogP contribution >= 0.6 is 0 Å². The Labute approximate surface area is 79.3 Å².